The molecule has 1 heterocycles. The number of nitriles is 1. The van der Waals surface area contributed by atoms with E-state index in [2.05, 4.69) is 21.3 Å². The third-order valence-electron chi connectivity index (χ3n) is 3.87. The van der Waals surface area contributed by atoms with Crippen molar-refractivity contribution in [1.29, 1.82) is 5.26 Å². The van der Waals surface area contributed by atoms with Crippen molar-refractivity contribution in [2.75, 3.05) is 0 Å². The van der Waals surface area contributed by atoms with Crippen LogP contribution in [0, 0.1) is 23.2 Å². The van der Waals surface area contributed by atoms with Crippen molar-refractivity contribution < 1.29 is 0 Å². The monoisotopic (exact) mass is 202 g/mol. The molecule has 0 saturated heterocycles. The van der Waals surface area contributed by atoms with Crippen molar-refractivity contribution in [2.24, 2.45) is 11.8 Å². The second-order valence-electron chi connectivity index (χ2n) is 4.76. The van der Waals surface area contributed by atoms with Gasteiger partial charge in [-0.25, -0.2) is 4.98 Å². The zero-order chi connectivity index (χ0) is 10.3. The second-order valence-corrected chi connectivity index (χ2v) is 4.76. The lowest BCUT2D eigenvalue weighted by molar-refractivity contribution is 0.406. The van der Waals surface area contributed by atoms with Gasteiger partial charge in [-0.05, 0) is 31.1 Å². The molecule has 0 spiro atoms. The van der Waals surface area contributed by atoms with E-state index in [0.717, 1.165) is 23.5 Å². The smallest absolute Gasteiger partial charge is 0.154 e. The van der Waals surface area contributed by atoms with E-state index in [0.29, 0.717) is 12.3 Å². The number of fused-ring (bicyclic) bond motifs is 2. The minimum absolute atomic E-state index is 0.341. The Balaban J connectivity index is 1.79. The Morgan fingerprint density at radius 2 is 2.33 bits per heavy atom. The quantitative estimate of drug-likeness (QED) is 0.794. The Kier molecular flexibility index (Phi) is 1.98. The first-order chi connectivity index (χ1) is 7.36. The van der Waals surface area contributed by atoms with Gasteiger partial charge in [-0.1, -0.05) is 6.42 Å². The van der Waals surface area contributed by atoms with Crippen LogP contribution < -0.4 is 0 Å². The first kappa shape index (κ1) is 8.90. The number of hydrogen-bond donors (Lipinski definition) is 1. The SMILES string of the molecule is N#CCc1nc(C2CC3CCC2C3)n[nH]1. The van der Waals surface area contributed by atoms with Crippen LogP contribution in [0.4, 0.5) is 0 Å². The molecule has 0 aromatic carbocycles. The van der Waals surface area contributed by atoms with E-state index in [-0.39, 0.29) is 0 Å². The summed E-state index contributed by atoms with van der Waals surface area (Å²) in [6.07, 6.45) is 5.71. The Morgan fingerprint density at radius 3 is 3.00 bits per heavy atom. The summed E-state index contributed by atoms with van der Waals surface area (Å²) >= 11 is 0. The summed E-state index contributed by atoms with van der Waals surface area (Å²) in [5.41, 5.74) is 0. The highest BCUT2D eigenvalue weighted by atomic mass is 15.2. The van der Waals surface area contributed by atoms with E-state index < -0.39 is 0 Å². The van der Waals surface area contributed by atoms with Gasteiger partial charge in [0.15, 0.2) is 5.82 Å². The van der Waals surface area contributed by atoms with Gasteiger partial charge in [-0.3, -0.25) is 5.10 Å². The van der Waals surface area contributed by atoms with Crippen LogP contribution in [0.15, 0.2) is 0 Å². The van der Waals surface area contributed by atoms with Gasteiger partial charge in [0.25, 0.3) is 0 Å². The standard InChI is InChI=1S/C11H14N4/c12-4-3-10-13-11(15-14-10)9-6-7-1-2-8(9)5-7/h7-9H,1-3,5-6H2,(H,13,14,15). The Labute approximate surface area is 88.7 Å². The predicted molar refractivity (Wildman–Crippen MR) is 53.9 cm³/mol. The topological polar surface area (TPSA) is 65.4 Å². The number of aromatic nitrogens is 3. The number of H-pyrrole nitrogens is 1. The second kappa shape index (κ2) is 3.34. The lowest BCUT2D eigenvalue weighted by atomic mass is 9.88. The van der Waals surface area contributed by atoms with E-state index in [4.69, 9.17) is 5.26 Å². The van der Waals surface area contributed by atoms with Crippen molar-refractivity contribution in [3.8, 4) is 6.07 Å². The molecule has 3 atom stereocenters. The van der Waals surface area contributed by atoms with Crippen molar-refractivity contribution in [3.05, 3.63) is 11.6 Å². The van der Waals surface area contributed by atoms with Crippen LogP contribution in [-0.2, 0) is 6.42 Å². The average molecular weight is 202 g/mol. The molecule has 2 fully saturated rings. The van der Waals surface area contributed by atoms with Crippen LogP contribution in [0.3, 0.4) is 0 Å². The molecule has 78 valence electrons. The molecule has 1 aromatic rings. The van der Waals surface area contributed by atoms with E-state index in [1.165, 1.54) is 25.7 Å². The highest BCUT2D eigenvalue weighted by molar-refractivity contribution is 5.08. The van der Waals surface area contributed by atoms with Gasteiger partial charge < -0.3 is 0 Å². The number of rotatable bonds is 2. The molecule has 1 N–H and O–H groups in total. The van der Waals surface area contributed by atoms with Crippen LogP contribution in [-0.4, -0.2) is 15.2 Å². The van der Waals surface area contributed by atoms with Crippen molar-refractivity contribution in [3.63, 3.8) is 0 Å². The molecule has 15 heavy (non-hydrogen) atoms. The highest BCUT2D eigenvalue weighted by Crippen LogP contribution is 2.51. The molecule has 2 aliphatic rings. The van der Waals surface area contributed by atoms with Crippen LogP contribution in [0.1, 0.15) is 43.3 Å². The van der Waals surface area contributed by atoms with Gasteiger partial charge in [0.2, 0.25) is 0 Å². The van der Waals surface area contributed by atoms with Gasteiger partial charge in [0.05, 0.1) is 12.5 Å². The maximum Gasteiger partial charge on any atom is 0.154 e. The zero-order valence-electron chi connectivity index (χ0n) is 8.61. The van der Waals surface area contributed by atoms with Gasteiger partial charge in [0.1, 0.15) is 5.82 Å². The average Bonchev–Trinajstić information content (AvgIpc) is 2.91. The molecular formula is C11H14N4. The summed E-state index contributed by atoms with van der Waals surface area (Å²) in [5.74, 6) is 3.95. The molecule has 4 heteroatoms. The van der Waals surface area contributed by atoms with E-state index >= 15 is 0 Å². The fraction of sp³-hybridized carbons (Fsp3) is 0.727. The summed E-state index contributed by atoms with van der Waals surface area (Å²) < 4.78 is 0. The van der Waals surface area contributed by atoms with Crippen LogP contribution >= 0.6 is 0 Å². The zero-order valence-corrected chi connectivity index (χ0v) is 8.61. The van der Waals surface area contributed by atoms with Crippen molar-refractivity contribution in [1.82, 2.24) is 15.2 Å². The molecule has 2 bridgehead atoms. The number of hydrogen-bond acceptors (Lipinski definition) is 3. The molecule has 2 saturated carbocycles. The lowest BCUT2D eigenvalue weighted by Crippen LogP contribution is -2.10. The molecule has 0 amide bonds. The fourth-order valence-corrected chi connectivity index (χ4v) is 3.19. The molecule has 0 radical (unpaired) electrons. The van der Waals surface area contributed by atoms with Crippen molar-refractivity contribution >= 4 is 0 Å². The molecule has 3 unspecified atom stereocenters. The molecular weight excluding hydrogens is 188 g/mol. The van der Waals surface area contributed by atoms with Crippen LogP contribution in [0.25, 0.3) is 0 Å². The van der Waals surface area contributed by atoms with Gasteiger partial charge >= 0.3 is 0 Å². The number of nitrogens with zero attached hydrogens (tertiary/aromatic N) is 3. The third kappa shape index (κ3) is 1.43. The minimum atomic E-state index is 0.341. The Bertz CT molecular complexity index is 403. The predicted octanol–water partition coefficient (Wildman–Crippen LogP) is 1.77. The first-order valence-corrected chi connectivity index (χ1v) is 5.65. The molecule has 3 rings (SSSR count). The van der Waals surface area contributed by atoms with Crippen LogP contribution in [0.2, 0.25) is 0 Å². The third-order valence-corrected chi connectivity index (χ3v) is 3.87. The van der Waals surface area contributed by atoms with Gasteiger partial charge in [-0.15, -0.1) is 0 Å². The first-order valence-electron chi connectivity index (χ1n) is 5.65. The summed E-state index contributed by atoms with van der Waals surface area (Å²) in [6, 6.07) is 2.09. The van der Waals surface area contributed by atoms with Gasteiger partial charge in [0, 0.05) is 5.92 Å². The molecule has 4 nitrogen and oxygen atoms in total. The maximum absolute atomic E-state index is 8.56. The van der Waals surface area contributed by atoms with E-state index in [1.807, 2.05) is 0 Å². The molecule has 1 aromatic heterocycles. The van der Waals surface area contributed by atoms with Crippen LogP contribution in [0.5, 0.6) is 0 Å². The van der Waals surface area contributed by atoms with Gasteiger partial charge in [-0.2, -0.15) is 10.4 Å². The maximum atomic E-state index is 8.56. The van der Waals surface area contributed by atoms with Crippen molar-refractivity contribution in [2.45, 2.75) is 38.0 Å². The summed E-state index contributed by atoms with van der Waals surface area (Å²) in [4.78, 5) is 4.41. The molecule has 2 aliphatic carbocycles. The Morgan fingerprint density at radius 1 is 1.40 bits per heavy atom. The summed E-state index contributed by atoms with van der Waals surface area (Å²) in [6.45, 7) is 0. The highest BCUT2D eigenvalue weighted by Gasteiger charge is 2.41. The summed E-state index contributed by atoms with van der Waals surface area (Å²) in [7, 11) is 0. The summed E-state index contributed by atoms with van der Waals surface area (Å²) in [5, 5.41) is 15.7. The normalized spacial score (nSPS) is 33.1. The van der Waals surface area contributed by atoms with E-state index in [1.54, 1.807) is 0 Å². The van der Waals surface area contributed by atoms with E-state index in [9.17, 15) is 0 Å². The number of nitrogens with one attached hydrogen (secondary N) is 1. The number of aromatic amines is 1. The minimum Gasteiger partial charge on any atom is -0.262 e. The largest absolute Gasteiger partial charge is 0.262 e. The molecule has 0 aliphatic heterocycles. The fourth-order valence-electron chi connectivity index (χ4n) is 3.19. The lowest BCUT2D eigenvalue weighted by Gasteiger charge is -2.17. The Hall–Kier alpha value is -1.37.